The van der Waals surface area contributed by atoms with Crippen LogP contribution in [-0.4, -0.2) is 27.9 Å². The van der Waals surface area contributed by atoms with E-state index >= 15 is 0 Å². The first-order valence-corrected chi connectivity index (χ1v) is 11.4. The van der Waals surface area contributed by atoms with Gasteiger partial charge in [0.15, 0.2) is 0 Å². The number of hydrogen-bond donors (Lipinski definition) is 1. The second kappa shape index (κ2) is 9.83. The number of hydrazone groups is 1. The number of hydrogen-bond acceptors (Lipinski definition) is 3. The summed E-state index contributed by atoms with van der Waals surface area (Å²) in [6.45, 7) is 10.8. The van der Waals surface area contributed by atoms with Crippen molar-refractivity contribution in [2.45, 2.75) is 34.6 Å². The van der Waals surface area contributed by atoms with Gasteiger partial charge in [-0.25, -0.2) is 5.43 Å². The van der Waals surface area contributed by atoms with E-state index in [1.807, 2.05) is 62.4 Å². The van der Waals surface area contributed by atoms with Gasteiger partial charge in [0.1, 0.15) is 5.75 Å². The number of carbonyl (C=O) groups is 1. The summed E-state index contributed by atoms with van der Waals surface area (Å²) in [7, 11) is 0. The van der Waals surface area contributed by atoms with Crippen LogP contribution < -0.4 is 10.2 Å². The fraction of sp³-hybridized carbons (Fsp3) is 0.214. The molecule has 0 spiro atoms. The average Bonchev–Trinajstić information content (AvgIpc) is 3.31. The SMILES string of the molecule is CCOc1ccc(-n2c(C)cc(/C=N\NC(=O)c3ccc(-n4c(C)ccc4C)cc3)c2C)cc1. The molecule has 174 valence electrons. The molecular weight excluding hydrogens is 424 g/mol. The summed E-state index contributed by atoms with van der Waals surface area (Å²) < 4.78 is 9.85. The lowest BCUT2D eigenvalue weighted by molar-refractivity contribution is 0.0955. The minimum absolute atomic E-state index is 0.246. The summed E-state index contributed by atoms with van der Waals surface area (Å²) in [6, 6.07) is 21.8. The van der Waals surface area contributed by atoms with Crippen LogP contribution in [0.15, 0.2) is 71.8 Å². The summed E-state index contributed by atoms with van der Waals surface area (Å²) >= 11 is 0. The number of benzene rings is 2. The predicted octanol–water partition coefficient (Wildman–Crippen LogP) is 5.66. The summed E-state index contributed by atoms with van der Waals surface area (Å²) in [5.74, 6) is 0.606. The van der Waals surface area contributed by atoms with Gasteiger partial charge in [-0.1, -0.05) is 0 Å². The van der Waals surface area contributed by atoms with Crippen LogP contribution in [0, 0.1) is 27.7 Å². The van der Waals surface area contributed by atoms with Crippen LogP contribution in [0.25, 0.3) is 11.4 Å². The third-order valence-corrected chi connectivity index (χ3v) is 5.90. The maximum absolute atomic E-state index is 12.6. The van der Waals surface area contributed by atoms with Gasteiger partial charge in [-0.05, 0) is 101 Å². The Labute approximate surface area is 200 Å². The molecule has 2 heterocycles. The van der Waals surface area contributed by atoms with E-state index in [4.69, 9.17) is 4.74 Å². The zero-order chi connectivity index (χ0) is 24.2. The highest BCUT2D eigenvalue weighted by atomic mass is 16.5. The van der Waals surface area contributed by atoms with E-state index in [-0.39, 0.29) is 5.91 Å². The molecule has 0 aliphatic carbocycles. The zero-order valence-corrected chi connectivity index (χ0v) is 20.3. The van der Waals surface area contributed by atoms with Crippen LogP contribution in [0.2, 0.25) is 0 Å². The zero-order valence-electron chi connectivity index (χ0n) is 20.3. The average molecular weight is 455 g/mol. The molecule has 0 bridgehead atoms. The minimum Gasteiger partial charge on any atom is -0.494 e. The van der Waals surface area contributed by atoms with Gasteiger partial charge in [0.2, 0.25) is 0 Å². The van der Waals surface area contributed by atoms with Crippen LogP contribution in [0.4, 0.5) is 0 Å². The molecule has 0 aliphatic rings. The molecule has 2 aromatic heterocycles. The fourth-order valence-corrected chi connectivity index (χ4v) is 4.24. The molecule has 4 aromatic rings. The molecule has 1 amide bonds. The number of ether oxygens (including phenoxy) is 1. The van der Waals surface area contributed by atoms with E-state index in [1.165, 1.54) is 0 Å². The molecule has 0 saturated heterocycles. The summed E-state index contributed by atoms with van der Waals surface area (Å²) in [5.41, 5.74) is 10.7. The third-order valence-electron chi connectivity index (χ3n) is 5.90. The van der Waals surface area contributed by atoms with Gasteiger partial charge < -0.3 is 13.9 Å². The molecular formula is C28H30N4O2. The first-order chi connectivity index (χ1) is 16.4. The largest absolute Gasteiger partial charge is 0.494 e. The van der Waals surface area contributed by atoms with Gasteiger partial charge in [0, 0.05) is 45.3 Å². The molecule has 1 N–H and O–H groups in total. The van der Waals surface area contributed by atoms with Crippen molar-refractivity contribution >= 4 is 12.1 Å². The second-order valence-corrected chi connectivity index (χ2v) is 8.29. The van der Waals surface area contributed by atoms with Crippen molar-refractivity contribution in [3.05, 3.63) is 101 Å². The molecule has 0 unspecified atom stereocenters. The molecule has 0 fully saturated rings. The Balaban J connectivity index is 1.45. The van der Waals surface area contributed by atoms with Crippen molar-refractivity contribution in [1.82, 2.24) is 14.6 Å². The minimum atomic E-state index is -0.246. The maximum Gasteiger partial charge on any atom is 0.271 e. The number of carbonyl (C=O) groups excluding carboxylic acids is 1. The summed E-state index contributed by atoms with van der Waals surface area (Å²) in [4.78, 5) is 12.6. The highest BCUT2D eigenvalue weighted by molar-refractivity contribution is 5.95. The van der Waals surface area contributed by atoms with Crippen molar-refractivity contribution in [3.63, 3.8) is 0 Å². The van der Waals surface area contributed by atoms with Crippen LogP contribution in [0.3, 0.4) is 0 Å². The lowest BCUT2D eigenvalue weighted by Gasteiger charge is -2.11. The van der Waals surface area contributed by atoms with E-state index in [9.17, 15) is 4.79 Å². The van der Waals surface area contributed by atoms with E-state index in [0.29, 0.717) is 12.2 Å². The Morgan fingerprint density at radius 1 is 0.853 bits per heavy atom. The first-order valence-electron chi connectivity index (χ1n) is 11.4. The van der Waals surface area contributed by atoms with Crippen LogP contribution in [0.5, 0.6) is 5.75 Å². The molecule has 4 rings (SSSR count). The normalized spacial score (nSPS) is 11.2. The molecule has 0 saturated carbocycles. The lowest BCUT2D eigenvalue weighted by Crippen LogP contribution is -2.17. The Morgan fingerprint density at radius 3 is 2.06 bits per heavy atom. The molecule has 0 aliphatic heterocycles. The van der Waals surface area contributed by atoms with Gasteiger partial charge in [-0.15, -0.1) is 0 Å². The molecule has 6 heteroatoms. The van der Waals surface area contributed by atoms with Gasteiger partial charge in [-0.2, -0.15) is 5.10 Å². The molecule has 34 heavy (non-hydrogen) atoms. The van der Waals surface area contributed by atoms with Crippen molar-refractivity contribution in [3.8, 4) is 17.1 Å². The van der Waals surface area contributed by atoms with E-state index < -0.39 is 0 Å². The summed E-state index contributed by atoms with van der Waals surface area (Å²) in [5, 5.41) is 4.20. The van der Waals surface area contributed by atoms with Crippen molar-refractivity contribution in [1.29, 1.82) is 0 Å². The molecule has 6 nitrogen and oxygen atoms in total. The lowest BCUT2D eigenvalue weighted by atomic mass is 10.2. The Bertz CT molecular complexity index is 1310. The van der Waals surface area contributed by atoms with Crippen molar-refractivity contribution < 1.29 is 9.53 Å². The quantitative estimate of drug-likeness (QED) is 0.289. The third kappa shape index (κ3) is 4.66. The standard InChI is InChI=1S/C28H30N4O2/c1-6-34-27-15-13-26(14-16-27)32-21(4)17-24(22(32)5)18-29-30-28(33)23-9-11-25(12-10-23)31-19(2)7-8-20(31)3/h7-18H,6H2,1-5H3,(H,30,33)/b29-18-. The van der Waals surface area contributed by atoms with Gasteiger partial charge in [-0.3, -0.25) is 4.79 Å². The molecule has 2 aromatic carbocycles. The first kappa shape index (κ1) is 23.1. The maximum atomic E-state index is 12.6. The number of aryl methyl sites for hydroxylation is 3. The Morgan fingerprint density at radius 2 is 1.44 bits per heavy atom. The number of amides is 1. The van der Waals surface area contributed by atoms with Gasteiger partial charge in [0.25, 0.3) is 5.91 Å². The summed E-state index contributed by atoms with van der Waals surface area (Å²) in [6.07, 6.45) is 1.69. The van der Waals surface area contributed by atoms with Crippen molar-refractivity contribution in [2.24, 2.45) is 5.10 Å². The number of nitrogens with one attached hydrogen (secondary N) is 1. The highest BCUT2D eigenvalue weighted by Gasteiger charge is 2.11. The molecule has 0 radical (unpaired) electrons. The number of nitrogens with zero attached hydrogens (tertiary/aromatic N) is 3. The Kier molecular flexibility index (Phi) is 6.68. The second-order valence-electron chi connectivity index (χ2n) is 8.29. The van der Waals surface area contributed by atoms with Crippen LogP contribution in [-0.2, 0) is 0 Å². The fourth-order valence-electron chi connectivity index (χ4n) is 4.24. The monoisotopic (exact) mass is 454 g/mol. The topological polar surface area (TPSA) is 60.5 Å². The van der Waals surface area contributed by atoms with Gasteiger partial charge in [0.05, 0.1) is 12.8 Å². The Hall–Kier alpha value is -4.06. The highest BCUT2D eigenvalue weighted by Crippen LogP contribution is 2.22. The number of rotatable bonds is 7. The number of aromatic nitrogens is 2. The van der Waals surface area contributed by atoms with E-state index in [1.54, 1.807) is 6.21 Å². The van der Waals surface area contributed by atoms with Crippen LogP contribution >= 0.6 is 0 Å². The molecule has 0 atom stereocenters. The van der Waals surface area contributed by atoms with Gasteiger partial charge >= 0.3 is 0 Å². The predicted molar refractivity (Wildman–Crippen MR) is 137 cm³/mol. The van der Waals surface area contributed by atoms with Crippen molar-refractivity contribution in [2.75, 3.05) is 6.61 Å². The van der Waals surface area contributed by atoms with Crippen LogP contribution in [0.1, 0.15) is 45.6 Å². The van der Waals surface area contributed by atoms with E-state index in [0.717, 1.165) is 45.5 Å². The van der Waals surface area contributed by atoms with E-state index in [2.05, 4.69) is 58.6 Å². The smallest absolute Gasteiger partial charge is 0.271 e.